The van der Waals surface area contributed by atoms with Crippen LogP contribution in [0.3, 0.4) is 0 Å². The molecule has 0 saturated heterocycles. The van der Waals surface area contributed by atoms with Gasteiger partial charge < -0.3 is 4.74 Å². The highest BCUT2D eigenvalue weighted by molar-refractivity contribution is 7.09. The summed E-state index contributed by atoms with van der Waals surface area (Å²) in [7, 11) is 0. The maximum Gasteiger partial charge on any atom is 0.339 e. The highest BCUT2D eigenvalue weighted by atomic mass is 32.1. The number of thiazole rings is 1. The fourth-order valence-corrected chi connectivity index (χ4v) is 3.19. The number of fused-ring (bicyclic) bond motifs is 1. The van der Waals surface area contributed by atoms with E-state index in [0.717, 1.165) is 27.3 Å². The van der Waals surface area contributed by atoms with Crippen molar-refractivity contribution in [3.8, 4) is 11.4 Å². The van der Waals surface area contributed by atoms with Crippen LogP contribution in [0.15, 0.2) is 66.3 Å². The predicted octanol–water partition coefficient (Wildman–Crippen LogP) is 4.11. The molecule has 0 amide bonds. The second-order valence-electron chi connectivity index (χ2n) is 5.29. The van der Waals surface area contributed by atoms with Crippen LogP contribution < -0.4 is 0 Å². The van der Waals surface area contributed by atoms with E-state index in [1.165, 1.54) is 11.3 Å². The van der Waals surface area contributed by atoms with Crippen molar-refractivity contribution in [2.75, 3.05) is 0 Å². The van der Waals surface area contributed by atoms with Gasteiger partial charge in [-0.2, -0.15) is 0 Å². The number of hydrogen-bond donors (Lipinski definition) is 0. The van der Waals surface area contributed by atoms with Gasteiger partial charge in [0.05, 0.1) is 22.5 Å². The summed E-state index contributed by atoms with van der Waals surface area (Å²) in [6.45, 7) is 0.132. The number of nitrogens with zero attached hydrogens (tertiary/aromatic N) is 3. The van der Waals surface area contributed by atoms with Crippen molar-refractivity contribution < 1.29 is 9.53 Å². The van der Waals surface area contributed by atoms with Gasteiger partial charge in [0.1, 0.15) is 11.6 Å². The third-order valence-electron chi connectivity index (χ3n) is 3.67. The molecule has 3 heterocycles. The Bertz CT molecular complexity index is 1030. The molecule has 0 aliphatic rings. The monoisotopic (exact) mass is 347 g/mol. The van der Waals surface area contributed by atoms with Crippen molar-refractivity contribution in [2.45, 2.75) is 6.61 Å². The van der Waals surface area contributed by atoms with Gasteiger partial charge in [0.2, 0.25) is 0 Å². The number of carbonyl (C=O) groups is 1. The molecule has 3 aromatic heterocycles. The minimum absolute atomic E-state index is 0.132. The summed E-state index contributed by atoms with van der Waals surface area (Å²) in [5.74, 6) is -0.381. The molecule has 5 nitrogen and oxygen atoms in total. The third-order valence-corrected chi connectivity index (χ3v) is 4.49. The van der Waals surface area contributed by atoms with Gasteiger partial charge in [0, 0.05) is 23.2 Å². The molecule has 0 radical (unpaired) electrons. The second kappa shape index (κ2) is 6.78. The molecule has 6 heteroatoms. The smallest absolute Gasteiger partial charge is 0.339 e. The van der Waals surface area contributed by atoms with E-state index in [1.807, 2.05) is 35.7 Å². The van der Waals surface area contributed by atoms with Crippen molar-refractivity contribution in [1.29, 1.82) is 0 Å². The van der Waals surface area contributed by atoms with E-state index in [2.05, 4.69) is 15.0 Å². The van der Waals surface area contributed by atoms with Crippen molar-refractivity contribution in [2.24, 2.45) is 0 Å². The van der Waals surface area contributed by atoms with Gasteiger partial charge in [0.25, 0.3) is 0 Å². The molecule has 122 valence electrons. The fraction of sp³-hybridized carbons (Fsp3) is 0.0526. The first-order valence-electron chi connectivity index (χ1n) is 7.68. The number of carbonyl (C=O) groups excluding carboxylic acids is 1. The standard InChI is InChI=1S/C19H13N3O2S/c23-19(14-5-3-8-15-13(14)6-4-10-20-15)24-11-18-22-17(12-25-18)16-7-1-2-9-21-16/h1-10,12H,11H2. The number of hydrogen-bond acceptors (Lipinski definition) is 6. The van der Waals surface area contributed by atoms with Gasteiger partial charge in [-0.25, -0.2) is 9.78 Å². The molecule has 1 aromatic carbocycles. The Balaban J connectivity index is 1.50. The molecule has 0 unspecified atom stereocenters. The number of ether oxygens (including phenoxy) is 1. The van der Waals surface area contributed by atoms with Gasteiger partial charge in [-0.15, -0.1) is 11.3 Å². The Morgan fingerprint density at radius 2 is 1.88 bits per heavy atom. The van der Waals surface area contributed by atoms with Crippen LogP contribution in [0, 0.1) is 0 Å². The van der Waals surface area contributed by atoms with E-state index in [9.17, 15) is 4.79 Å². The van der Waals surface area contributed by atoms with E-state index in [0.29, 0.717) is 5.56 Å². The molecule has 0 bridgehead atoms. The minimum atomic E-state index is -0.381. The lowest BCUT2D eigenvalue weighted by Crippen LogP contribution is -2.06. The zero-order valence-corrected chi connectivity index (χ0v) is 13.9. The molecule has 0 spiro atoms. The molecule has 25 heavy (non-hydrogen) atoms. The topological polar surface area (TPSA) is 65.0 Å². The van der Waals surface area contributed by atoms with Crippen LogP contribution in [0.25, 0.3) is 22.3 Å². The fourth-order valence-electron chi connectivity index (χ4n) is 2.50. The zero-order chi connectivity index (χ0) is 17.1. The van der Waals surface area contributed by atoms with Crippen LogP contribution in [0.4, 0.5) is 0 Å². The predicted molar refractivity (Wildman–Crippen MR) is 96.2 cm³/mol. The SMILES string of the molecule is O=C(OCc1nc(-c2ccccn2)cs1)c1cccc2ncccc12. The first-order chi connectivity index (χ1) is 12.3. The Labute approximate surface area is 148 Å². The molecule has 0 aliphatic heterocycles. The number of rotatable bonds is 4. The first kappa shape index (κ1) is 15.4. The van der Waals surface area contributed by atoms with E-state index < -0.39 is 0 Å². The molecule has 0 N–H and O–H groups in total. The number of esters is 1. The second-order valence-corrected chi connectivity index (χ2v) is 6.24. The van der Waals surface area contributed by atoms with Crippen molar-refractivity contribution in [1.82, 2.24) is 15.0 Å². The molecule has 4 rings (SSSR count). The molecule has 0 aliphatic carbocycles. The summed E-state index contributed by atoms with van der Waals surface area (Å²) in [5.41, 5.74) is 2.86. The average molecular weight is 347 g/mol. The lowest BCUT2D eigenvalue weighted by Gasteiger charge is -2.05. The summed E-state index contributed by atoms with van der Waals surface area (Å²) in [5, 5.41) is 3.42. The Hall–Kier alpha value is -3.12. The summed E-state index contributed by atoms with van der Waals surface area (Å²) in [6.07, 6.45) is 3.43. The lowest BCUT2D eigenvalue weighted by molar-refractivity contribution is 0.0475. The van der Waals surface area contributed by atoms with Crippen LogP contribution >= 0.6 is 11.3 Å². The summed E-state index contributed by atoms with van der Waals surface area (Å²) >= 11 is 1.44. The molecule has 0 fully saturated rings. The highest BCUT2D eigenvalue weighted by Crippen LogP contribution is 2.21. The number of pyridine rings is 2. The van der Waals surface area contributed by atoms with Crippen molar-refractivity contribution in [3.63, 3.8) is 0 Å². The van der Waals surface area contributed by atoms with Gasteiger partial charge in [-0.3, -0.25) is 9.97 Å². The zero-order valence-electron chi connectivity index (χ0n) is 13.1. The van der Waals surface area contributed by atoms with Crippen LogP contribution in [0.1, 0.15) is 15.4 Å². The van der Waals surface area contributed by atoms with Crippen LogP contribution in [-0.4, -0.2) is 20.9 Å². The first-order valence-corrected chi connectivity index (χ1v) is 8.56. The molecule has 4 aromatic rings. The van der Waals surface area contributed by atoms with Crippen molar-refractivity contribution in [3.05, 3.63) is 76.9 Å². The van der Waals surface area contributed by atoms with E-state index in [4.69, 9.17) is 4.74 Å². The molecular weight excluding hydrogens is 334 g/mol. The van der Waals surface area contributed by atoms with E-state index in [-0.39, 0.29) is 12.6 Å². The van der Waals surface area contributed by atoms with E-state index >= 15 is 0 Å². The van der Waals surface area contributed by atoms with Crippen LogP contribution in [0.5, 0.6) is 0 Å². The Morgan fingerprint density at radius 3 is 2.76 bits per heavy atom. The van der Waals surface area contributed by atoms with Gasteiger partial charge in [0.15, 0.2) is 0 Å². The van der Waals surface area contributed by atoms with Crippen LogP contribution in [-0.2, 0) is 11.3 Å². The summed E-state index contributed by atoms with van der Waals surface area (Å²) in [4.78, 5) is 25.4. The van der Waals surface area contributed by atoms with Crippen molar-refractivity contribution >= 4 is 28.2 Å². The molecule has 0 saturated carbocycles. The number of aromatic nitrogens is 3. The van der Waals surface area contributed by atoms with Crippen LogP contribution in [0.2, 0.25) is 0 Å². The van der Waals surface area contributed by atoms with Gasteiger partial charge in [-0.05, 0) is 30.3 Å². The Kier molecular flexibility index (Phi) is 4.18. The third kappa shape index (κ3) is 3.25. The maximum absolute atomic E-state index is 12.4. The summed E-state index contributed by atoms with van der Waals surface area (Å²) in [6, 6.07) is 14.7. The largest absolute Gasteiger partial charge is 0.455 e. The lowest BCUT2D eigenvalue weighted by atomic mass is 10.1. The molecular formula is C19H13N3O2S. The average Bonchev–Trinajstić information content (AvgIpc) is 3.15. The van der Waals surface area contributed by atoms with E-state index in [1.54, 1.807) is 30.6 Å². The van der Waals surface area contributed by atoms with Gasteiger partial charge >= 0.3 is 5.97 Å². The maximum atomic E-state index is 12.4. The highest BCUT2D eigenvalue weighted by Gasteiger charge is 2.13. The quantitative estimate of drug-likeness (QED) is 0.520. The molecule has 0 atom stereocenters. The minimum Gasteiger partial charge on any atom is -0.455 e. The Morgan fingerprint density at radius 1 is 0.960 bits per heavy atom. The normalized spacial score (nSPS) is 10.7. The van der Waals surface area contributed by atoms with Gasteiger partial charge in [-0.1, -0.05) is 18.2 Å². The summed E-state index contributed by atoms with van der Waals surface area (Å²) < 4.78 is 5.43. The number of benzene rings is 1.